The minimum Gasteiger partial charge on any atom is -0.396 e. The van der Waals surface area contributed by atoms with Crippen LogP contribution in [0.4, 0.5) is 10.1 Å². The number of aliphatic hydroxyl groups is 1. The Morgan fingerprint density at radius 1 is 1.69 bits per heavy atom. The van der Waals surface area contributed by atoms with Gasteiger partial charge in [-0.05, 0) is 12.8 Å². The molecule has 0 amide bonds. The lowest BCUT2D eigenvalue weighted by Crippen LogP contribution is -2.26. The maximum absolute atomic E-state index is 8.91. The normalized spacial score (nSPS) is 15.3. The molecule has 1 aromatic heterocycles. The number of thiazole rings is 1. The molecule has 0 saturated carbocycles. The number of aromatic nitrogens is 1. The first-order valence-electron chi connectivity index (χ1n) is 4.22. The van der Waals surface area contributed by atoms with E-state index in [-0.39, 0.29) is 18.6 Å². The van der Waals surface area contributed by atoms with Gasteiger partial charge in [-0.2, -0.15) is 0 Å². The summed E-state index contributed by atoms with van der Waals surface area (Å²) in [6.45, 7) is 4.17. The fraction of sp³-hybridized carbons (Fsp3) is 0.625. The zero-order chi connectivity index (χ0) is 9.84. The summed E-state index contributed by atoms with van der Waals surface area (Å²) in [5.74, 6) is 0.213. The third-order valence-electron chi connectivity index (χ3n) is 2.02. The monoisotopic (exact) mass is 201 g/mol. The van der Waals surface area contributed by atoms with Crippen molar-refractivity contribution in [2.24, 2.45) is 5.92 Å². The molecule has 0 aliphatic carbocycles. The topological polar surface area (TPSA) is 71.2 Å². The second-order valence-electron chi connectivity index (χ2n) is 3.16. The Morgan fingerprint density at radius 2 is 2.38 bits per heavy atom. The van der Waals surface area contributed by atoms with Gasteiger partial charge < -0.3 is 16.2 Å². The number of nitrogens with zero attached hydrogens (tertiary/aromatic N) is 1. The van der Waals surface area contributed by atoms with E-state index in [2.05, 4.69) is 10.3 Å². The molecule has 0 saturated heterocycles. The maximum Gasteiger partial charge on any atom is 0.184 e. The van der Waals surface area contributed by atoms with Gasteiger partial charge in [-0.25, -0.2) is 4.98 Å². The van der Waals surface area contributed by atoms with Crippen molar-refractivity contribution >= 4 is 21.5 Å². The molecule has 2 atom stereocenters. The second kappa shape index (κ2) is 4.43. The van der Waals surface area contributed by atoms with Crippen LogP contribution in [0.1, 0.15) is 13.8 Å². The standard InChI is InChI=1S/C8H15N3OS/c1-5(4-12)6(2)11-8-10-3-7(9)13-8/h3,5-6,12H,4,9H2,1-2H3,(H,10,11). The van der Waals surface area contributed by atoms with Crippen molar-refractivity contribution in [2.75, 3.05) is 17.7 Å². The molecule has 0 aliphatic heterocycles. The van der Waals surface area contributed by atoms with E-state index in [0.717, 1.165) is 5.13 Å². The van der Waals surface area contributed by atoms with Crippen molar-refractivity contribution in [3.63, 3.8) is 0 Å². The molecule has 0 aliphatic rings. The smallest absolute Gasteiger partial charge is 0.184 e. The molecular formula is C8H15N3OS. The van der Waals surface area contributed by atoms with Gasteiger partial charge in [-0.3, -0.25) is 0 Å². The molecule has 0 aromatic carbocycles. The average Bonchev–Trinajstić information content (AvgIpc) is 2.49. The molecule has 4 nitrogen and oxygen atoms in total. The Bertz CT molecular complexity index is 264. The molecule has 0 fully saturated rings. The predicted octanol–water partition coefficient (Wildman–Crippen LogP) is 1.15. The highest BCUT2D eigenvalue weighted by Gasteiger charge is 2.11. The number of nitrogens with two attached hydrogens (primary N) is 1. The van der Waals surface area contributed by atoms with Crippen LogP contribution in [-0.4, -0.2) is 22.7 Å². The first kappa shape index (κ1) is 10.3. The molecule has 13 heavy (non-hydrogen) atoms. The van der Waals surface area contributed by atoms with Gasteiger partial charge in [0.1, 0.15) is 5.00 Å². The van der Waals surface area contributed by atoms with E-state index in [4.69, 9.17) is 10.8 Å². The fourth-order valence-electron chi connectivity index (χ4n) is 0.848. The molecule has 2 unspecified atom stereocenters. The SMILES string of the molecule is CC(CO)C(C)Nc1ncc(N)s1. The highest BCUT2D eigenvalue weighted by atomic mass is 32.1. The van der Waals surface area contributed by atoms with E-state index in [1.165, 1.54) is 11.3 Å². The summed E-state index contributed by atoms with van der Waals surface area (Å²) in [7, 11) is 0. The van der Waals surface area contributed by atoms with Crippen LogP contribution in [0.5, 0.6) is 0 Å². The van der Waals surface area contributed by atoms with Crippen LogP contribution in [-0.2, 0) is 0 Å². The molecular weight excluding hydrogens is 186 g/mol. The summed E-state index contributed by atoms with van der Waals surface area (Å²) in [6, 6.07) is 0.204. The molecule has 4 N–H and O–H groups in total. The molecule has 1 rings (SSSR count). The Hall–Kier alpha value is -0.810. The number of aliphatic hydroxyl groups excluding tert-OH is 1. The first-order chi connectivity index (χ1) is 6.13. The lowest BCUT2D eigenvalue weighted by atomic mass is 10.1. The predicted molar refractivity (Wildman–Crippen MR) is 55.9 cm³/mol. The molecule has 74 valence electrons. The Balaban J connectivity index is 2.49. The molecule has 1 aromatic rings. The third kappa shape index (κ3) is 2.86. The van der Waals surface area contributed by atoms with Crippen molar-refractivity contribution in [1.82, 2.24) is 4.98 Å². The summed E-state index contributed by atoms with van der Waals surface area (Å²) in [4.78, 5) is 4.07. The van der Waals surface area contributed by atoms with Crippen molar-refractivity contribution in [3.05, 3.63) is 6.20 Å². The van der Waals surface area contributed by atoms with Gasteiger partial charge in [0.2, 0.25) is 0 Å². The summed E-state index contributed by atoms with van der Waals surface area (Å²) >= 11 is 1.42. The van der Waals surface area contributed by atoms with Crippen LogP contribution < -0.4 is 11.1 Å². The van der Waals surface area contributed by atoms with Crippen molar-refractivity contribution in [3.8, 4) is 0 Å². The molecule has 0 spiro atoms. The largest absolute Gasteiger partial charge is 0.396 e. The first-order valence-corrected chi connectivity index (χ1v) is 5.04. The zero-order valence-corrected chi connectivity index (χ0v) is 8.64. The Labute approximate surface area is 81.8 Å². The number of hydrogen-bond acceptors (Lipinski definition) is 5. The molecule has 0 radical (unpaired) electrons. The van der Waals surface area contributed by atoms with Gasteiger partial charge in [-0.15, -0.1) is 0 Å². The van der Waals surface area contributed by atoms with Crippen LogP contribution in [0.2, 0.25) is 0 Å². The lowest BCUT2D eigenvalue weighted by molar-refractivity contribution is 0.226. The van der Waals surface area contributed by atoms with Crippen LogP contribution in [0.25, 0.3) is 0 Å². The summed E-state index contributed by atoms with van der Waals surface area (Å²) in [5, 5.41) is 13.6. The fourth-order valence-corrected chi connectivity index (χ4v) is 1.53. The number of nitrogen functional groups attached to an aromatic ring is 1. The van der Waals surface area contributed by atoms with E-state index < -0.39 is 0 Å². The van der Waals surface area contributed by atoms with E-state index >= 15 is 0 Å². The van der Waals surface area contributed by atoms with Crippen molar-refractivity contribution in [1.29, 1.82) is 0 Å². The highest BCUT2D eigenvalue weighted by molar-refractivity contribution is 7.19. The van der Waals surface area contributed by atoms with E-state index in [1.54, 1.807) is 6.20 Å². The summed E-state index contributed by atoms with van der Waals surface area (Å²) < 4.78 is 0. The van der Waals surface area contributed by atoms with Gasteiger partial charge in [0.05, 0.1) is 6.20 Å². The van der Waals surface area contributed by atoms with E-state index in [0.29, 0.717) is 5.00 Å². The van der Waals surface area contributed by atoms with Gasteiger partial charge >= 0.3 is 0 Å². The Morgan fingerprint density at radius 3 is 2.85 bits per heavy atom. The van der Waals surface area contributed by atoms with Crippen LogP contribution in [0.3, 0.4) is 0 Å². The van der Waals surface area contributed by atoms with Crippen molar-refractivity contribution < 1.29 is 5.11 Å². The summed E-state index contributed by atoms with van der Waals surface area (Å²) in [5.41, 5.74) is 5.53. The van der Waals surface area contributed by atoms with Gasteiger partial charge in [0, 0.05) is 12.6 Å². The van der Waals surface area contributed by atoms with Gasteiger partial charge in [0.25, 0.3) is 0 Å². The molecule has 0 bridgehead atoms. The minimum atomic E-state index is 0.176. The maximum atomic E-state index is 8.91. The second-order valence-corrected chi connectivity index (χ2v) is 4.22. The van der Waals surface area contributed by atoms with Crippen LogP contribution in [0.15, 0.2) is 6.20 Å². The Kier molecular flexibility index (Phi) is 3.50. The summed E-state index contributed by atoms with van der Waals surface area (Å²) in [6.07, 6.45) is 1.63. The number of nitrogens with one attached hydrogen (secondary N) is 1. The lowest BCUT2D eigenvalue weighted by Gasteiger charge is -2.18. The molecule has 5 heteroatoms. The third-order valence-corrected chi connectivity index (χ3v) is 2.77. The number of anilines is 2. The quantitative estimate of drug-likeness (QED) is 0.683. The number of rotatable bonds is 4. The minimum absolute atomic E-state index is 0.176. The average molecular weight is 201 g/mol. The van der Waals surface area contributed by atoms with Gasteiger partial charge in [0.15, 0.2) is 5.13 Å². The molecule has 1 heterocycles. The zero-order valence-electron chi connectivity index (χ0n) is 7.82. The van der Waals surface area contributed by atoms with Gasteiger partial charge in [-0.1, -0.05) is 18.3 Å². The van der Waals surface area contributed by atoms with E-state index in [9.17, 15) is 0 Å². The highest BCUT2D eigenvalue weighted by Crippen LogP contribution is 2.21. The van der Waals surface area contributed by atoms with E-state index in [1.807, 2.05) is 13.8 Å². The van der Waals surface area contributed by atoms with Crippen LogP contribution in [0, 0.1) is 5.92 Å². The van der Waals surface area contributed by atoms with Crippen molar-refractivity contribution in [2.45, 2.75) is 19.9 Å². The number of hydrogen-bond donors (Lipinski definition) is 3. The van der Waals surface area contributed by atoms with Crippen LogP contribution >= 0.6 is 11.3 Å².